The summed E-state index contributed by atoms with van der Waals surface area (Å²) in [6, 6.07) is 9.06. The van der Waals surface area contributed by atoms with Gasteiger partial charge in [-0.15, -0.1) is 0 Å². The van der Waals surface area contributed by atoms with Gasteiger partial charge in [0.25, 0.3) is 0 Å². The fraction of sp³-hybridized carbons (Fsp3) is 0.353. The van der Waals surface area contributed by atoms with Crippen molar-refractivity contribution in [2.75, 3.05) is 0 Å². The largest absolute Gasteiger partial charge is 0.264 e. The van der Waals surface area contributed by atoms with Crippen LogP contribution < -0.4 is 0 Å². The first-order valence-electron chi connectivity index (χ1n) is 6.58. The lowest BCUT2D eigenvalue weighted by Crippen LogP contribution is -2.09. The van der Waals surface area contributed by atoms with Gasteiger partial charge in [0, 0.05) is 18.0 Å². The van der Waals surface area contributed by atoms with E-state index in [4.69, 9.17) is 0 Å². The third kappa shape index (κ3) is 2.05. The summed E-state index contributed by atoms with van der Waals surface area (Å²) in [7, 11) is 0. The van der Waals surface area contributed by atoms with E-state index >= 15 is 0 Å². The van der Waals surface area contributed by atoms with Gasteiger partial charge in [-0.3, -0.25) is 4.98 Å². The summed E-state index contributed by atoms with van der Waals surface area (Å²) in [6.45, 7) is 6.86. The topological polar surface area (TPSA) is 12.9 Å². The fourth-order valence-electron chi connectivity index (χ4n) is 2.78. The molecule has 0 spiro atoms. The Kier molecular flexibility index (Phi) is 2.51. The van der Waals surface area contributed by atoms with E-state index in [2.05, 4.69) is 50.0 Å². The van der Waals surface area contributed by atoms with E-state index in [1.165, 1.54) is 27.8 Å². The van der Waals surface area contributed by atoms with Gasteiger partial charge in [0.15, 0.2) is 0 Å². The van der Waals surface area contributed by atoms with Gasteiger partial charge >= 0.3 is 0 Å². The Hall–Kier alpha value is -1.63. The SMILES string of the molecule is CC(C)(C)Cc1ccc2c(c1)-c1cnccc1C2. The van der Waals surface area contributed by atoms with Crippen LogP contribution in [0.25, 0.3) is 11.1 Å². The maximum atomic E-state index is 4.26. The Labute approximate surface area is 109 Å². The number of benzene rings is 1. The normalized spacial score (nSPS) is 13.3. The van der Waals surface area contributed by atoms with Crippen molar-refractivity contribution >= 4 is 0 Å². The number of pyridine rings is 1. The van der Waals surface area contributed by atoms with Crippen molar-refractivity contribution in [1.29, 1.82) is 0 Å². The molecular formula is C17H19N. The molecule has 1 aromatic heterocycles. The van der Waals surface area contributed by atoms with Gasteiger partial charge in [-0.1, -0.05) is 39.0 Å². The van der Waals surface area contributed by atoms with Crippen LogP contribution in [0.2, 0.25) is 0 Å². The Balaban J connectivity index is 2.03. The summed E-state index contributed by atoms with van der Waals surface area (Å²) in [6.07, 6.45) is 6.07. The molecule has 3 rings (SSSR count). The molecule has 1 aromatic carbocycles. The average molecular weight is 237 g/mol. The molecule has 1 heteroatoms. The smallest absolute Gasteiger partial charge is 0.0349 e. The molecule has 0 atom stereocenters. The van der Waals surface area contributed by atoms with Crippen molar-refractivity contribution < 1.29 is 0 Å². The lowest BCUT2D eigenvalue weighted by Gasteiger charge is -2.18. The summed E-state index contributed by atoms with van der Waals surface area (Å²) in [5.41, 5.74) is 7.33. The van der Waals surface area contributed by atoms with Gasteiger partial charge in [0.1, 0.15) is 0 Å². The van der Waals surface area contributed by atoms with E-state index in [0.717, 1.165) is 12.8 Å². The van der Waals surface area contributed by atoms with Gasteiger partial charge in [-0.25, -0.2) is 0 Å². The van der Waals surface area contributed by atoms with Crippen molar-refractivity contribution in [3.63, 3.8) is 0 Å². The van der Waals surface area contributed by atoms with Gasteiger partial charge in [-0.05, 0) is 46.6 Å². The van der Waals surface area contributed by atoms with Crippen molar-refractivity contribution in [3.8, 4) is 11.1 Å². The Morgan fingerprint density at radius 2 is 1.83 bits per heavy atom. The maximum absolute atomic E-state index is 4.26. The monoisotopic (exact) mass is 237 g/mol. The van der Waals surface area contributed by atoms with Crippen molar-refractivity contribution in [1.82, 2.24) is 4.98 Å². The predicted octanol–water partition coefficient (Wildman–Crippen LogP) is 4.24. The van der Waals surface area contributed by atoms with Crippen molar-refractivity contribution in [2.24, 2.45) is 5.41 Å². The number of aromatic nitrogens is 1. The van der Waals surface area contributed by atoms with E-state index in [1.807, 2.05) is 12.4 Å². The van der Waals surface area contributed by atoms with Gasteiger partial charge in [0.05, 0.1) is 0 Å². The minimum absolute atomic E-state index is 0.338. The standard InChI is InChI=1S/C17H19N/c1-17(2,3)10-12-4-5-13-9-14-6-7-18-11-16(14)15(13)8-12/h4-8,11H,9-10H2,1-3H3. The molecular weight excluding hydrogens is 218 g/mol. The number of hydrogen-bond donors (Lipinski definition) is 0. The first kappa shape index (κ1) is 11.5. The molecule has 0 saturated carbocycles. The zero-order valence-electron chi connectivity index (χ0n) is 11.3. The van der Waals surface area contributed by atoms with Crippen LogP contribution in [-0.2, 0) is 12.8 Å². The summed E-state index contributed by atoms with van der Waals surface area (Å²) in [5, 5.41) is 0. The van der Waals surface area contributed by atoms with E-state index in [-0.39, 0.29) is 0 Å². The molecule has 0 radical (unpaired) electrons. The summed E-state index contributed by atoms with van der Waals surface area (Å²) < 4.78 is 0. The van der Waals surface area contributed by atoms with Crippen LogP contribution in [0, 0.1) is 5.41 Å². The van der Waals surface area contributed by atoms with E-state index in [9.17, 15) is 0 Å². The van der Waals surface area contributed by atoms with E-state index in [1.54, 1.807) is 0 Å². The van der Waals surface area contributed by atoms with Crippen LogP contribution in [0.3, 0.4) is 0 Å². The zero-order chi connectivity index (χ0) is 12.8. The zero-order valence-corrected chi connectivity index (χ0v) is 11.3. The molecule has 0 saturated heterocycles. The Morgan fingerprint density at radius 3 is 2.61 bits per heavy atom. The molecule has 0 amide bonds. The molecule has 92 valence electrons. The highest BCUT2D eigenvalue weighted by molar-refractivity contribution is 5.76. The van der Waals surface area contributed by atoms with Crippen LogP contribution in [0.4, 0.5) is 0 Å². The molecule has 0 bridgehead atoms. The average Bonchev–Trinajstić information content (AvgIpc) is 2.65. The van der Waals surface area contributed by atoms with Gasteiger partial charge in [-0.2, -0.15) is 0 Å². The molecule has 1 aliphatic carbocycles. The minimum Gasteiger partial charge on any atom is -0.264 e. The lowest BCUT2D eigenvalue weighted by molar-refractivity contribution is 0.411. The molecule has 0 N–H and O–H groups in total. The maximum Gasteiger partial charge on any atom is 0.0349 e. The van der Waals surface area contributed by atoms with Crippen LogP contribution in [0.1, 0.15) is 37.5 Å². The second-order valence-corrected chi connectivity index (χ2v) is 6.44. The lowest BCUT2D eigenvalue weighted by atomic mass is 9.87. The van der Waals surface area contributed by atoms with E-state index in [0.29, 0.717) is 5.41 Å². The highest BCUT2D eigenvalue weighted by Gasteiger charge is 2.19. The summed E-state index contributed by atoms with van der Waals surface area (Å²) in [5.74, 6) is 0. The van der Waals surface area contributed by atoms with Crippen LogP contribution >= 0.6 is 0 Å². The number of nitrogens with zero attached hydrogens (tertiary/aromatic N) is 1. The summed E-state index contributed by atoms with van der Waals surface area (Å²) in [4.78, 5) is 4.26. The quantitative estimate of drug-likeness (QED) is 0.617. The highest BCUT2D eigenvalue weighted by Crippen LogP contribution is 2.37. The molecule has 1 nitrogen and oxygen atoms in total. The first-order chi connectivity index (χ1) is 8.53. The molecule has 1 heterocycles. The molecule has 1 aliphatic rings. The molecule has 18 heavy (non-hydrogen) atoms. The second-order valence-electron chi connectivity index (χ2n) is 6.44. The van der Waals surface area contributed by atoms with Crippen LogP contribution in [0.15, 0.2) is 36.7 Å². The molecule has 0 aliphatic heterocycles. The fourth-order valence-corrected chi connectivity index (χ4v) is 2.78. The number of rotatable bonds is 1. The third-order valence-corrected chi connectivity index (χ3v) is 3.49. The van der Waals surface area contributed by atoms with Crippen molar-refractivity contribution in [3.05, 3.63) is 53.3 Å². The highest BCUT2D eigenvalue weighted by atomic mass is 14.6. The van der Waals surface area contributed by atoms with Gasteiger partial charge in [0.2, 0.25) is 0 Å². The second kappa shape index (κ2) is 3.94. The summed E-state index contributed by atoms with van der Waals surface area (Å²) >= 11 is 0. The molecule has 2 aromatic rings. The third-order valence-electron chi connectivity index (χ3n) is 3.49. The minimum atomic E-state index is 0.338. The number of hydrogen-bond acceptors (Lipinski definition) is 1. The Morgan fingerprint density at radius 1 is 1.06 bits per heavy atom. The van der Waals surface area contributed by atoms with Crippen LogP contribution in [0.5, 0.6) is 0 Å². The molecule has 0 fully saturated rings. The van der Waals surface area contributed by atoms with Crippen LogP contribution in [-0.4, -0.2) is 4.98 Å². The van der Waals surface area contributed by atoms with Gasteiger partial charge < -0.3 is 0 Å². The number of fused-ring (bicyclic) bond motifs is 3. The first-order valence-corrected chi connectivity index (χ1v) is 6.58. The Bertz CT molecular complexity index is 591. The van der Waals surface area contributed by atoms with Crippen molar-refractivity contribution in [2.45, 2.75) is 33.6 Å². The molecule has 0 unspecified atom stereocenters. The predicted molar refractivity (Wildman–Crippen MR) is 75.6 cm³/mol. The van der Waals surface area contributed by atoms with E-state index < -0.39 is 0 Å².